The predicted molar refractivity (Wildman–Crippen MR) is 76.6 cm³/mol. The zero-order chi connectivity index (χ0) is 14.6. The second kappa shape index (κ2) is 6.61. The molecule has 1 atom stereocenters. The van der Waals surface area contributed by atoms with Crippen LogP contribution in [0.25, 0.3) is 0 Å². The van der Waals surface area contributed by atoms with E-state index in [0.717, 1.165) is 16.0 Å². The first-order valence-electron chi connectivity index (χ1n) is 5.94. The van der Waals surface area contributed by atoms with Gasteiger partial charge in [0.25, 0.3) is 5.24 Å². The van der Waals surface area contributed by atoms with E-state index in [2.05, 4.69) is 0 Å². The molecule has 0 saturated heterocycles. The van der Waals surface area contributed by atoms with E-state index in [1.807, 2.05) is 32.0 Å². The van der Waals surface area contributed by atoms with Gasteiger partial charge in [0, 0.05) is 19.0 Å². The summed E-state index contributed by atoms with van der Waals surface area (Å²) in [6, 6.07) is 5.65. The minimum absolute atomic E-state index is 0.0202. The maximum Gasteiger partial charge on any atom is 0.312 e. The highest BCUT2D eigenvalue weighted by Crippen LogP contribution is 2.27. The smallest absolute Gasteiger partial charge is 0.312 e. The Labute approximate surface area is 118 Å². The van der Waals surface area contributed by atoms with Gasteiger partial charge in [-0.1, -0.05) is 6.07 Å². The first-order valence-corrected chi connectivity index (χ1v) is 6.76. The summed E-state index contributed by atoms with van der Waals surface area (Å²) in [5.74, 6) is -0.554. The fourth-order valence-electron chi connectivity index (χ4n) is 1.69. The van der Waals surface area contributed by atoms with Crippen molar-refractivity contribution in [3.05, 3.63) is 29.3 Å². The van der Waals surface area contributed by atoms with Crippen molar-refractivity contribution in [2.24, 2.45) is 0 Å². The lowest BCUT2D eigenvalue weighted by atomic mass is 9.97. The highest BCUT2D eigenvalue weighted by Gasteiger charge is 2.18. The number of hydrogen-bond acceptors (Lipinski definition) is 4. The third-order valence-electron chi connectivity index (χ3n) is 2.83. The van der Waals surface area contributed by atoms with Crippen LogP contribution in [0.2, 0.25) is 0 Å². The van der Waals surface area contributed by atoms with Crippen molar-refractivity contribution in [2.75, 3.05) is 21.2 Å². The van der Waals surface area contributed by atoms with Gasteiger partial charge < -0.3 is 9.64 Å². The van der Waals surface area contributed by atoms with Gasteiger partial charge in [-0.3, -0.25) is 9.59 Å². The second-order valence-electron chi connectivity index (χ2n) is 4.53. The molecule has 1 amide bonds. The van der Waals surface area contributed by atoms with E-state index in [1.54, 1.807) is 14.1 Å². The number of methoxy groups -OCH3 is 1. The van der Waals surface area contributed by atoms with E-state index in [4.69, 9.17) is 4.74 Å². The molecule has 0 fully saturated rings. The average molecular weight is 281 g/mol. The molecular weight excluding hydrogens is 262 g/mol. The Kier molecular flexibility index (Phi) is 5.42. The van der Waals surface area contributed by atoms with Gasteiger partial charge in [0.05, 0.1) is 13.0 Å². The molecule has 4 nitrogen and oxygen atoms in total. The summed E-state index contributed by atoms with van der Waals surface area (Å²) < 4.78 is 4.74. The predicted octanol–water partition coefficient (Wildman–Crippen LogP) is 3.05. The summed E-state index contributed by atoms with van der Waals surface area (Å²) in [6.45, 7) is 3.74. The summed E-state index contributed by atoms with van der Waals surface area (Å²) in [5.41, 5.74) is 1.91. The number of aryl methyl sites for hydroxylation is 1. The molecule has 0 bridgehead atoms. The van der Waals surface area contributed by atoms with E-state index >= 15 is 0 Å². The third-order valence-corrected chi connectivity index (χ3v) is 3.86. The molecule has 104 valence electrons. The molecule has 0 radical (unpaired) electrons. The molecule has 0 aromatic heterocycles. The monoisotopic (exact) mass is 281 g/mol. The SMILES string of the molecule is COC(=O)C(C)c1ccc(SC(=O)N(C)C)cc1C. The van der Waals surface area contributed by atoms with Crippen LogP contribution in [0.5, 0.6) is 0 Å². The number of carbonyl (C=O) groups excluding carboxylic acids is 2. The van der Waals surface area contributed by atoms with E-state index in [9.17, 15) is 9.59 Å². The highest BCUT2D eigenvalue weighted by molar-refractivity contribution is 8.13. The number of thioether (sulfide) groups is 1. The number of nitrogens with zero attached hydrogens (tertiary/aromatic N) is 1. The number of rotatable bonds is 3. The normalized spacial score (nSPS) is 11.8. The number of carbonyl (C=O) groups is 2. The van der Waals surface area contributed by atoms with Gasteiger partial charge in [-0.2, -0.15) is 0 Å². The van der Waals surface area contributed by atoms with Crippen LogP contribution in [-0.2, 0) is 9.53 Å². The second-order valence-corrected chi connectivity index (χ2v) is 5.55. The number of esters is 1. The third kappa shape index (κ3) is 3.99. The fraction of sp³-hybridized carbons (Fsp3) is 0.429. The van der Waals surface area contributed by atoms with Crippen molar-refractivity contribution in [1.29, 1.82) is 0 Å². The number of hydrogen-bond donors (Lipinski definition) is 0. The van der Waals surface area contributed by atoms with Gasteiger partial charge in [0.15, 0.2) is 0 Å². The molecule has 0 aliphatic rings. The quantitative estimate of drug-likeness (QED) is 0.631. The maximum absolute atomic E-state index is 11.6. The molecule has 1 rings (SSSR count). The van der Waals surface area contributed by atoms with E-state index in [1.165, 1.54) is 23.8 Å². The van der Waals surface area contributed by atoms with Crippen molar-refractivity contribution in [2.45, 2.75) is 24.7 Å². The average Bonchev–Trinajstić information content (AvgIpc) is 2.37. The Morgan fingerprint density at radius 2 is 1.95 bits per heavy atom. The Hall–Kier alpha value is -1.49. The molecule has 0 saturated carbocycles. The van der Waals surface area contributed by atoms with Crippen LogP contribution in [0.1, 0.15) is 24.0 Å². The first-order chi connectivity index (χ1) is 8.86. The molecule has 5 heteroatoms. The molecule has 1 unspecified atom stereocenters. The van der Waals surface area contributed by atoms with Crippen molar-refractivity contribution in [3.8, 4) is 0 Å². The lowest BCUT2D eigenvalue weighted by molar-refractivity contribution is -0.142. The molecule has 0 spiro atoms. The van der Waals surface area contributed by atoms with Gasteiger partial charge in [-0.25, -0.2) is 0 Å². The summed E-state index contributed by atoms with van der Waals surface area (Å²) in [6.07, 6.45) is 0. The van der Waals surface area contributed by atoms with Gasteiger partial charge >= 0.3 is 5.97 Å². The van der Waals surface area contributed by atoms with Crippen molar-refractivity contribution < 1.29 is 14.3 Å². The lowest BCUT2D eigenvalue weighted by Gasteiger charge is -2.14. The topological polar surface area (TPSA) is 46.6 Å². The summed E-state index contributed by atoms with van der Waals surface area (Å²) in [4.78, 5) is 25.5. The van der Waals surface area contributed by atoms with Crippen molar-refractivity contribution >= 4 is 23.0 Å². The maximum atomic E-state index is 11.6. The van der Waals surface area contributed by atoms with Crippen LogP contribution in [0, 0.1) is 6.92 Å². The fourth-order valence-corrected chi connectivity index (χ4v) is 2.45. The Bertz CT molecular complexity index is 486. The molecule has 0 aliphatic heterocycles. The van der Waals surface area contributed by atoms with Crippen LogP contribution in [0.15, 0.2) is 23.1 Å². The molecule has 1 aromatic carbocycles. The molecule has 0 aliphatic carbocycles. The largest absolute Gasteiger partial charge is 0.469 e. The molecule has 19 heavy (non-hydrogen) atoms. The standard InChI is InChI=1S/C14H19NO3S/c1-9-8-11(19-14(17)15(3)4)6-7-12(9)10(2)13(16)18-5/h6-8,10H,1-5H3. The summed E-state index contributed by atoms with van der Waals surface area (Å²) in [5, 5.41) is -0.0202. The van der Waals surface area contributed by atoms with Crippen LogP contribution in [-0.4, -0.2) is 37.3 Å². The summed E-state index contributed by atoms with van der Waals surface area (Å²) >= 11 is 1.17. The van der Waals surface area contributed by atoms with Crippen LogP contribution in [0.4, 0.5) is 4.79 Å². The Morgan fingerprint density at radius 3 is 2.42 bits per heavy atom. The van der Waals surface area contributed by atoms with Gasteiger partial charge in [0.1, 0.15) is 0 Å². The summed E-state index contributed by atoms with van der Waals surface area (Å²) in [7, 11) is 4.82. The Morgan fingerprint density at radius 1 is 1.32 bits per heavy atom. The van der Waals surface area contributed by atoms with Gasteiger partial charge in [-0.15, -0.1) is 0 Å². The zero-order valence-corrected chi connectivity index (χ0v) is 12.7. The molecule has 0 N–H and O–H groups in total. The lowest BCUT2D eigenvalue weighted by Crippen LogP contribution is -2.16. The van der Waals surface area contributed by atoms with E-state index in [-0.39, 0.29) is 17.1 Å². The van der Waals surface area contributed by atoms with Crippen LogP contribution < -0.4 is 0 Å². The van der Waals surface area contributed by atoms with Gasteiger partial charge in [0.2, 0.25) is 0 Å². The minimum Gasteiger partial charge on any atom is -0.469 e. The van der Waals surface area contributed by atoms with E-state index < -0.39 is 0 Å². The van der Waals surface area contributed by atoms with E-state index in [0.29, 0.717) is 0 Å². The Balaban J connectivity index is 2.91. The number of amides is 1. The highest BCUT2D eigenvalue weighted by atomic mass is 32.2. The number of benzene rings is 1. The number of ether oxygens (including phenoxy) is 1. The minimum atomic E-state index is -0.298. The molecule has 0 heterocycles. The molecule has 1 aromatic rings. The van der Waals surface area contributed by atoms with Gasteiger partial charge in [-0.05, 0) is 48.9 Å². The van der Waals surface area contributed by atoms with Crippen LogP contribution >= 0.6 is 11.8 Å². The van der Waals surface area contributed by atoms with Crippen molar-refractivity contribution in [3.63, 3.8) is 0 Å². The molecular formula is C14H19NO3S. The van der Waals surface area contributed by atoms with Crippen molar-refractivity contribution in [1.82, 2.24) is 4.90 Å². The zero-order valence-electron chi connectivity index (χ0n) is 11.9. The first kappa shape index (κ1) is 15.6. The van der Waals surface area contributed by atoms with Crippen LogP contribution in [0.3, 0.4) is 0 Å².